The molecule has 1 aromatic carbocycles. The molecule has 3 N–H and O–H groups in total. The number of aliphatic hydroxyl groups excluding tert-OH is 1. The summed E-state index contributed by atoms with van der Waals surface area (Å²) in [4.78, 5) is 42.2. The van der Waals surface area contributed by atoms with Gasteiger partial charge in [-0.3, -0.25) is 14.4 Å². The molecule has 0 saturated carbocycles. The Bertz CT molecular complexity index is 994. The lowest BCUT2D eigenvalue weighted by atomic mass is 9.66. The third-order valence-corrected chi connectivity index (χ3v) is 7.96. The molecular formula is C25H35N3O5. The van der Waals surface area contributed by atoms with E-state index in [-0.39, 0.29) is 30.2 Å². The van der Waals surface area contributed by atoms with Gasteiger partial charge in [-0.25, -0.2) is 0 Å². The van der Waals surface area contributed by atoms with E-state index in [4.69, 9.17) is 4.74 Å². The summed E-state index contributed by atoms with van der Waals surface area (Å²) in [5.74, 6) is -2.43. The number of likely N-dealkylation sites (tertiary alicyclic amines) is 1. The number of hydrogen-bond acceptors (Lipinski definition) is 5. The van der Waals surface area contributed by atoms with Crippen molar-refractivity contribution in [3.05, 3.63) is 29.3 Å². The maximum atomic E-state index is 13.9. The van der Waals surface area contributed by atoms with Crippen LogP contribution in [0.2, 0.25) is 0 Å². The molecule has 3 saturated heterocycles. The predicted molar refractivity (Wildman–Crippen MR) is 123 cm³/mol. The van der Waals surface area contributed by atoms with Crippen LogP contribution in [0.3, 0.4) is 0 Å². The average Bonchev–Trinajstić information content (AvgIpc) is 3.32. The number of fused-ring (bicyclic) bond motifs is 1. The van der Waals surface area contributed by atoms with Gasteiger partial charge in [-0.1, -0.05) is 26.0 Å². The van der Waals surface area contributed by atoms with Gasteiger partial charge in [-0.05, 0) is 56.7 Å². The third-order valence-electron chi connectivity index (χ3n) is 7.96. The van der Waals surface area contributed by atoms with E-state index in [1.54, 1.807) is 7.05 Å². The number of aliphatic hydroxyl groups is 1. The highest BCUT2D eigenvalue weighted by atomic mass is 16.5. The van der Waals surface area contributed by atoms with Crippen molar-refractivity contribution in [2.75, 3.05) is 19.0 Å². The first-order valence-corrected chi connectivity index (χ1v) is 11.7. The second-order valence-electron chi connectivity index (χ2n) is 10.4. The van der Waals surface area contributed by atoms with Crippen LogP contribution in [0.4, 0.5) is 5.69 Å². The average molecular weight is 458 g/mol. The lowest BCUT2D eigenvalue weighted by Gasteiger charge is -2.38. The molecule has 0 aromatic heterocycles. The summed E-state index contributed by atoms with van der Waals surface area (Å²) >= 11 is 0. The molecule has 2 bridgehead atoms. The van der Waals surface area contributed by atoms with Gasteiger partial charge in [0.1, 0.15) is 11.6 Å². The Morgan fingerprint density at radius 3 is 2.55 bits per heavy atom. The maximum absolute atomic E-state index is 13.9. The van der Waals surface area contributed by atoms with E-state index in [1.807, 2.05) is 52.8 Å². The number of amides is 3. The van der Waals surface area contributed by atoms with E-state index in [9.17, 15) is 19.5 Å². The molecule has 2 unspecified atom stereocenters. The molecular weight excluding hydrogens is 422 g/mol. The molecule has 1 spiro atoms. The third kappa shape index (κ3) is 3.37. The van der Waals surface area contributed by atoms with Gasteiger partial charge in [0.15, 0.2) is 0 Å². The zero-order valence-electron chi connectivity index (χ0n) is 20.3. The van der Waals surface area contributed by atoms with Crippen LogP contribution in [0.1, 0.15) is 44.7 Å². The van der Waals surface area contributed by atoms with Crippen molar-refractivity contribution in [3.8, 4) is 0 Å². The van der Waals surface area contributed by atoms with Crippen molar-refractivity contribution in [1.82, 2.24) is 10.2 Å². The van der Waals surface area contributed by atoms with E-state index < -0.39 is 35.1 Å². The first-order valence-electron chi connectivity index (χ1n) is 11.7. The van der Waals surface area contributed by atoms with Crippen molar-refractivity contribution in [2.24, 2.45) is 17.8 Å². The molecule has 3 heterocycles. The van der Waals surface area contributed by atoms with Gasteiger partial charge in [-0.2, -0.15) is 0 Å². The Morgan fingerprint density at radius 1 is 1.24 bits per heavy atom. The van der Waals surface area contributed by atoms with Gasteiger partial charge < -0.3 is 25.4 Å². The number of ether oxygens (including phenoxy) is 1. The number of hydrogen-bond donors (Lipinski definition) is 3. The van der Waals surface area contributed by atoms with Crippen molar-refractivity contribution in [2.45, 2.75) is 70.7 Å². The Hall–Kier alpha value is -2.45. The lowest BCUT2D eigenvalue weighted by Crippen LogP contribution is -2.57. The molecule has 180 valence electrons. The summed E-state index contributed by atoms with van der Waals surface area (Å²) in [6, 6.07) is 4.31. The Kier molecular flexibility index (Phi) is 5.81. The molecule has 8 nitrogen and oxygen atoms in total. The number of rotatable bonds is 6. The minimum absolute atomic E-state index is 0.0866. The SMILES string of the molecule is CNC(=O)[C@H]1[C@H]2C(=O)N([C@@H](CO)C(C)C)C(C(=O)Nc3cc(C)ccc3C)C23CC[C@]1(C)O3. The van der Waals surface area contributed by atoms with Crippen molar-refractivity contribution >= 4 is 23.4 Å². The fraction of sp³-hybridized carbons (Fsp3) is 0.640. The summed E-state index contributed by atoms with van der Waals surface area (Å²) in [6.07, 6.45) is 1.09. The van der Waals surface area contributed by atoms with E-state index in [0.29, 0.717) is 18.5 Å². The molecule has 3 amide bonds. The molecule has 4 rings (SSSR count). The Morgan fingerprint density at radius 2 is 1.94 bits per heavy atom. The maximum Gasteiger partial charge on any atom is 0.250 e. The molecule has 0 aliphatic carbocycles. The monoisotopic (exact) mass is 457 g/mol. The van der Waals surface area contributed by atoms with Gasteiger partial charge in [0.25, 0.3) is 0 Å². The molecule has 8 heteroatoms. The van der Waals surface area contributed by atoms with Crippen LogP contribution in [0.25, 0.3) is 0 Å². The number of anilines is 1. The van der Waals surface area contributed by atoms with Crippen molar-refractivity contribution in [1.29, 1.82) is 0 Å². The Balaban J connectivity index is 1.81. The topological polar surface area (TPSA) is 108 Å². The molecule has 3 fully saturated rings. The quantitative estimate of drug-likeness (QED) is 0.603. The summed E-state index contributed by atoms with van der Waals surface area (Å²) in [5.41, 5.74) is 0.684. The molecule has 0 radical (unpaired) electrons. The van der Waals surface area contributed by atoms with Crippen LogP contribution in [-0.2, 0) is 19.1 Å². The van der Waals surface area contributed by atoms with Crippen LogP contribution in [-0.4, -0.2) is 64.7 Å². The fourth-order valence-electron chi connectivity index (χ4n) is 6.27. The van der Waals surface area contributed by atoms with Gasteiger partial charge in [0, 0.05) is 12.7 Å². The standard InChI is InChI=1S/C25H35N3O5/c1-13(2)17(12-29)28-20(22(31)27-16-11-14(3)7-8-15(16)4)25-10-9-24(5,33-25)18(21(30)26-6)19(25)23(28)32/h7-8,11,13,17-20,29H,9-10,12H2,1-6H3,(H,26,30)(H,27,31)/t17-,18+,19-,20?,24-,25?/m0/s1. The smallest absolute Gasteiger partial charge is 0.250 e. The van der Waals surface area contributed by atoms with Crippen LogP contribution >= 0.6 is 0 Å². The highest BCUT2D eigenvalue weighted by Crippen LogP contribution is 2.63. The highest BCUT2D eigenvalue weighted by molar-refractivity contribution is 6.04. The minimum atomic E-state index is -1.10. The molecule has 1 aromatic rings. The highest BCUT2D eigenvalue weighted by Gasteiger charge is 2.78. The van der Waals surface area contributed by atoms with Crippen LogP contribution in [0.15, 0.2) is 18.2 Å². The largest absolute Gasteiger partial charge is 0.394 e. The summed E-state index contributed by atoms with van der Waals surface area (Å²) in [6.45, 7) is 9.28. The van der Waals surface area contributed by atoms with Gasteiger partial charge in [-0.15, -0.1) is 0 Å². The molecule has 33 heavy (non-hydrogen) atoms. The number of nitrogens with zero attached hydrogens (tertiary/aromatic N) is 1. The number of benzene rings is 1. The van der Waals surface area contributed by atoms with E-state index >= 15 is 0 Å². The fourth-order valence-corrected chi connectivity index (χ4v) is 6.27. The van der Waals surface area contributed by atoms with Crippen LogP contribution in [0, 0.1) is 31.6 Å². The second-order valence-corrected chi connectivity index (χ2v) is 10.4. The van der Waals surface area contributed by atoms with Gasteiger partial charge in [0.05, 0.1) is 30.1 Å². The molecule has 3 aliphatic rings. The van der Waals surface area contributed by atoms with E-state index in [0.717, 1.165) is 11.1 Å². The van der Waals surface area contributed by atoms with E-state index in [1.165, 1.54) is 4.90 Å². The van der Waals surface area contributed by atoms with Crippen molar-refractivity contribution < 1.29 is 24.2 Å². The molecule has 3 aliphatic heterocycles. The second kappa shape index (κ2) is 8.09. The lowest BCUT2D eigenvalue weighted by molar-refractivity contribution is -0.149. The summed E-state index contributed by atoms with van der Waals surface area (Å²) < 4.78 is 6.54. The van der Waals surface area contributed by atoms with Crippen molar-refractivity contribution in [3.63, 3.8) is 0 Å². The first kappa shape index (κ1) is 23.7. The van der Waals surface area contributed by atoms with Gasteiger partial charge in [0.2, 0.25) is 17.7 Å². The number of aryl methyl sites for hydroxylation is 2. The zero-order chi connectivity index (χ0) is 24.3. The number of carbonyl (C=O) groups excluding carboxylic acids is 3. The summed E-state index contributed by atoms with van der Waals surface area (Å²) in [7, 11) is 1.55. The number of carbonyl (C=O) groups is 3. The van der Waals surface area contributed by atoms with Crippen LogP contribution < -0.4 is 10.6 Å². The number of nitrogens with one attached hydrogen (secondary N) is 2. The van der Waals surface area contributed by atoms with Gasteiger partial charge >= 0.3 is 0 Å². The van der Waals surface area contributed by atoms with E-state index in [2.05, 4.69) is 10.6 Å². The normalized spacial score (nSPS) is 33.4. The minimum Gasteiger partial charge on any atom is -0.394 e. The summed E-state index contributed by atoms with van der Waals surface area (Å²) in [5, 5.41) is 15.9. The molecule has 6 atom stereocenters. The Labute approximate surface area is 195 Å². The first-order chi connectivity index (χ1) is 15.5. The zero-order valence-corrected chi connectivity index (χ0v) is 20.3. The predicted octanol–water partition coefficient (Wildman–Crippen LogP) is 1.77. The van der Waals surface area contributed by atoms with Crippen LogP contribution in [0.5, 0.6) is 0 Å².